The zero-order valence-electron chi connectivity index (χ0n) is 15.8. The van der Waals surface area contributed by atoms with Crippen molar-refractivity contribution in [2.75, 3.05) is 18.5 Å². The van der Waals surface area contributed by atoms with Crippen LogP contribution in [0.4, 0.5) is 14.5 Å². The molecule has 156 valence electrons. The van der Waals surface area contributed by atoms with E-state index in [0.29, 0.717) is 5.69 Å². The largest absolute Gasteiger partial charge is 0.488 e. The Labute approximate surface area is 166 Å². The molecule has 1 aromatic carbocycles. The third kappa shape index (κ3) is 6.81. The number of amides is 1. The maximum absolute atomic E-state index is 12.7. The average Bonchev–Trinajstić information content (AvgIpc) is 3.33. The Bertz CT molecular complexity index is 853. The molecule has 0 radical (unpaired) electrons. The molecule has 2 atom stereocenters. The van der Waals surface area contributed by atoms with Crippen LogP contribution in [0.25, 0.3) is 0 Å². The van der Waals surface area contributed by atoms with Gasteiger partial charge >= 0.3 is 0 Å². The Hall–Kier alpha value is -3.03. The maximum atomic E-state index is 12.7. The minimum absolute atomic E-state index is 0.0413. The van der Waals surface area contributed by atoms with Crippen LogP contribution in [0, 0.1) is 23.0 Å². The molecule has 2 aromatic rings. The molecule has 0 saturated carbocycles. The van der Waals surface area contributed by atoms with Crippen molar-refractivity contribution in [2.45, 2.75) is 38.5 Å². The second-order valence-electron chi connectivity index (χ2n) is 6.21. The van der Waals surface area contributed by atoms with E-state index in [0.717, 1.165) is 18.9 Å². The number of halogens is 2. The lowest BCUT2D eigenvalue weighted by atomic mass is 10.2. The molecule has 1 aliphatic rings. The quantitative estimate of drug-likeness (QED) is 0.759. The van der Waals surface area contributed by atoms with Gasteiger partial charge in [0.2, 0.25) is 5.82 Å². The van der Waals surface area contributed by atoms with E-state index in [1.54, 1.807) is 6.20 Å². The molecule has 1 aliphatic heterocycles. The molecular formula is C19H22F2N4O4. The van der Waals surface area contributed by atoms with Crippen LogP contribution < -0.4 is 10.1 Å². The molecule has 2 N–H and O–H groups in total. The van der Waals surface area contributed by atoms with Gasteiger partial charge in [0.25, 0.3) is 5.91 Å². The maximum Gasteiger partial charge on any atom is 0.253 e. The molecule has 2 heterocycles. The highest BCUT2D eigenvalue weighted by Crippen LogP contribution is 2.20. The van der Waals surface area contributed by atoms with E-state index >= 15 is 0 Å². The number of aliphatic hydroxyl groups is 1. The van der Waals surface area contributed by atoms with Crippen LogP contribution in [0.1, 0.15) is 19.8 Å². The van der Waals surface area contributed by atoms with Crippen molar-refractivity contribution >= 4 is 11.6 Å². The highest BCUT2D eigenvalue weighted by atomic mass is 19.2. The van der Waals surface area contributed by atoms with Gasteiger partial charge in [0.15, 0.2) is 11.6 Å². The zero-order valence-corrected chi connectivity index (χ0v) is 15.8. The number of nitrogens with one attached hydrogen (secondary N) is 1. The van der Waals surface area contributed by atoms with Gasteiger partial charge in [-0.15, -0.1) is 0 Å². The lowest BCUT2D eigenvalue weighted by Gasteiger charge is -2.10. The van der Waals surface area contributed by atoms with Gasteiger partial charge < -0.3 is 19.9 Å². The molecule has 10 heteroatoms. The van der Waals surface area contributed by atoms with Crippen molar-refractivity contribution in [2.24, 2.45) is 0 Å². The second kappa shape index (κ2) is 11.1. The Morgan fingerprint density at radius 3 is 2.93 bits per heavy atom. The van der Waals surface area contributed by atoms with Crippen LogP contribution in [-0.4, -0.2) is 46.2 Å². The van der Waals surface area contributed by atoms with Crippen molar-refractivity contribution in [3.63, 3.8) is 0 Å². The first-order chi connectivity index (χ1) is 13.9. The van der Waals surface area contributed by atoms with E-state index in [9.17, 15) is 13.6 Å². The summed E-state index contributed by atoms with van der Waals surface area (Å²) >= 11 is 0. The van der Waals surface area contributed by atoms with Crippen LogP contribution >= 0.6 is 0 Å². The number of benzene rings is 1. The molecule has 0 spiro atoms. The molecule has 1 fully saturated rings. The van der Waals surface area contributed by atoms with Crippen LogP contribution in [0.3, 0.4) is 0 Å². The summed E-state index contributed by atoms with van der Waals surface area (Å²) in [5.41, 5.74) is 0.591. The summed E-state index contributed by atoms with van der Waals surface area (Å²) < 4.78 is 36.9. The number of hydrogen-bond donors (Lipinski definition) is 2. The van der Waals surface area contributed by atoms with Gasteiger partial charge in [-0.3, -0.25) is 9.48 Å². The third-order valence-electron chi connectivity index (χ3n) is 3.92. The van der Waals surface area contributed by atoms with Crippen molar-refractivity contribution < 1.29 is 28.2 Å². The topological polar surface area (TPSA) is 109 Å². The van der Waals surface area contributed by atoms with E-state index in [1.165, 1.54) is 23.0 Å². The molecule has 1 aromatic heterocycles. The minimum Gasteiger partial charge on any atom is -0.488 e. The Morgan fingerprint density at radius 2 is 2.28 bits per heavy atom. The summed E-state index contributed by atoms with van der Waals surface area (Å²) in [6.45, 7) is 1.86. The first-order valence-electron chi connectivity index (χ1n) is 8.98. The third-order valence-corrected chi connectivity index (χ3v) is 3.92. The van der Waals surface area contributed by atoms with Gasteiger partial charge in [-0.2, -0.15) is 14.8 Å². The van der Waals surface area contributed by atoms with Gasteiger partial charge in [0.05, 0.1) is 30.7 Å². The number of aromatic nitrogens is 2. The van der Waals surface area contributed by atoms with Crippen LogP contribution in [0.15, 0.2) is 30.6 Å². The number of carbonyl (C=O) groups excluding carboxylic acids is 1. The molecule has 1 amide bonds. The Kier molecular flexibility index (Phi) is 8.51. The van der Waals surface area contributed by atoms with Crippen LogP contribution in [0.5, 0.6) is 5.75 Å². The number of rotatable bonds is 6. The fourth-order valence-corrected chi connectivity index (χ4v) is 2.56. The first kappa shape index (κ1) is 22.3. The highest BCUT2D eigenvalue weighted by Gasteiger charge is 2.28. The summed E-state index contributed by atoms with van der Waals surface area (Å²) in [5, 5.41) is 23.5. The van der Waals surface area contributed by atoms with Crippen molar-refractivity contribution in [1.29, 1.82) is 5.26 Å². The van der Waals surface area contributed by atoms with Gasteiger partial charge in [0.1, 0.15) is 19.3 Å². The number of aliphatic hydroxyl groups excluding tert-OH is 1. The summed E-state index contributed by atoms with van der Waals surface area (Å²) in [7, 11) is 0. The molecule has 29 heavy (non-hydrogen) atoms. The number of anilines is 1. The Balaban J connectivity index is 0.000000221. The van der Waals surface area contributed by atoms with Crippen LogP contribution in [-0.2, 0) is 16.1 Å². The number of hydrogen-bond acceptors (Lipinski definition) is 6. The normalized spacial score (nSPS) is 17.8. The first-order valence-corrected chi connectivity index (χ1v) is 8.98. The summed E-state index contributed by atoms with van der Waals surface area (Å²) in [6, 6.07) is 5.61. The minimum atomic E-state index is -1.02. The number of carbonyl (C=O) groups is 1. The van der Waals surface area contributed by atoms with Gasteiger partial charge in [-0.25, -0.2) is 4.39 Å². The van der Waals surface area contributed by atoms with E-state index in [-0.39, 0.29) is 43.6 Å². The number of nitriles is 1. The fraction of sp³-hybridized carbons (Fsp3) is 0.421. The van der Waals surface area contributed by atoms with E-state index in [4.69, 9.17) is 19.8 Å². The van der Waals surface area contributed by atoms with Crippen molar-refractivity contribution in [1.82, 2.24) is 9.78 Å². The van der Waals surface area contributed by atoms with E-state index in [2.05, 4.69) is 10.4 Å². The van der Waals surface area contributed by atoms with Crippen LogP contribution in [0.2, 0.25) is 0 Å². The molecule has 3 rings (SSSR count). The molecule has 0 bridgehead atoms. The zero-order chi connectivity index (χ0) is 21.2. The van der Waals surface area contributed by atoms with Gasteiger partial charge in [0, 0.05) is 6.20 Å². The number of ether oxygens (including phenoxy) is 2. The van der Waals surface area contributed by atoms with E-state index in [1.807, 2.05) is 13.0 Å². The lowest BCUT2D eigenvalue weighted by Crippen LogP contribution is -2.27. The smallest absolute Gasteiger partial charge is 0.253 e. The summed E-state index contributed by atoms with van der Waals surface area (Å²) in [4.78, 5) is 11.8. The summed E-state index contributed by atoms with van der Waals surface area (Å²) in [6.07, 6.45) is 4.58. The van der Waals surface area contributed by atoms with Crippen molar-refractivity contribution in [3.05, 3.63) is 42.2 Å². The predicted molar refractivity (Wildman–Crippen MR) is 99.0 cm³/mol. The molecule has 0 aliphatic carbocycles. The predicted octanol–water partition coefficient (Wildman–Crippen LogP) is 2.25. The average molecular weight is 408 g/mol. The molecular weight excluding hydrogens is 386 g/mol. The standard InChI is InChI=1S/C11H14N4O2.C8H8F2O2/c1-8-2-3-10(17-8)11(16)14-9-6-13-15(7-9)5-4-12;9-6-2-1-3-7(8(6)10)12-5-4-11/h6-8,10H,2-3,5H2,1H3,(H,14,16);1-3,11H,4-5H2. The second-order valence-corrected chi connectivity index (χ2v) is 6.21. The SMILES string of the molecule is CC1CCC(C(=O)Nc2cnn(CC#N)c2)O1.OCCOc1cccc(F)c1F. The molecule has 2 unspecified atom stereocenters. The van der Waals surface area contributed by atoms with E-state index < -0.39 is 11.6 Å². The fourth-order valence-electron chi connectivity index (χ4n) is 2.56. The van der Waals surface area contributed by atoms with Gasteiger partial charge in [-0.05, 0) is 31.9 Å². The number of nitrogens with zero attached hydrogens (tertiary/aromatic N) is 3. The van der Waals surface area contributed by atoms with Crippen molar-refractivity contribution in [3.8, 4) is 11.8 Å². The van der Waals surface area contributed by atoms with Gasteiger partial charge in [-0.1, -0.05) is 6.07 Å². The molecule has 8 nitrogen and oxygen atoms in total. The highest BCUT2D eigenvalue weighted by molar-refractivity contribution is 5.94. The Morgan fingerprint density at radius 1 is 1.48 bits per heavy atom. The lowest BCUT2D eigenvalue weighted by molar-refractivity contribution is -0.126. The summed E-state index contributed by atoms with van der Waals surface area (Å²) in [5.74, 6) is -2.30. The molecule has 1 saturated heterocycles. The monoisotopic (exact) mass is 408 g/mol.